The van der Waals surface area contributed by atoms with Gasteiger partial charge in [0.05, 0.1) is 24.6 Å². The number of benzene rings is 2. The molecule has 0 aliphatic carbocycles. The van der Waals surface area contributed by atoms with Gasteiger partial charge < -0.3 is 29.7 Å². The van der Waals surface area contributed by atoms with Crippen LogP contribution in [-0.4, -0.2) is 51.3 Å². The molecule has 0 bridgehead atoms. The number of carbonyl (C=O) groups is 2. The summed E-state index contributed by atoms with van der Waals surface area (Å²) in [6.45, 7) is 3.80. The Morgan fingerprint density at radius 3 is 2.41 bits per heavy atom. The Kier molecular flexibility index (Phi) is 5.81. The number of nitrogens with zero attached hydrogens (tertiary/aromatic N) is 1. The van der Waals surface area contributed by atoms with Crippen molar-refractivity contribution in [2.45, 2.75) is 6.42 Å². The van der Waals surface area contributed by atoms with Crippen molar-refractivity contribution in [1.29, 1.82) is 0 Å². The molecule has 2 aromatic rings. The van der Waals surface area contributed by atoms with Gasteiger partial charge in [0, 0.05) is 24.8 Å². The number of carbonyl (C=O) groups excluding carboxylic acids is 2. The highest BCUT2D eigenvalue weighted by atomic mass is 16.6. The highest BCUT2D eigenvalue weighted by molar-refractivity contribution is 6.09. The SMILES string of the molecule is O=C(CC(=O)Nc1ccccc1N1CCOCC1)Nc1ccc2c(c1)OCCO2. The van der Waals surface area contributed by atoms with Crippen molar-refractivity contribution in [2.24, 2.45) is 0 Å². The van der Waals surface area contributed by atoms with Crippen LogP contribution < -0.4 is 25.0 Å². The number of para-hydroxylation sites is 2. The molecule has 1 saturated heterocycles. The van der Waals surface area contributed by atoms with E-state index in [1.54, 1.807) is 18.2 Å². The maximum atomic E-state index is 12.4. The number of rotatable bonds is 5. The third kappa shape index (κ3) is 4.78. The molecule has 0 spiro atoms. The van der Waals surface area contributed by atoms with Crippen LogP contribution in [0.5, 0.6) is 11.5 Å². The Labute approximate surface area is 168 Å². The van der Waals surface area contributed by atoms with Crippen molar-refractivity contribution >= 4 is 28.9 Å². The summed E-state index contributed by atoms with van der Waals surface area (Å²) in [4.78, 5) is 26.9. The maximum absolute atomic E-state index is 12.4. The molecule has 0 unspecified atom stereocenters. The van der Waals surface area contributed by atoms with E-state index in [0.29, 0.717) is 49.3 Å². The number of amides is 2. The largest absolute Gasteiger partial charge is 0.486 e. The minimum Gasteiger partial charge on any atom is -0.486 e. The van der Waals surface area contributed by atoms with Crippen LogP contribution in [0.3, 0.4) is 0 Å². The molecule has 2 N–H and O–H groups in total. The zero-order valence-corrected chi connectivity index (χ0v) is 16.0. The van der Waals surface area contributed by atoms with Gasteiger partial charge in [0.25, 0.3) is 0 Å². The first-order valence-corrected chi connectivity index (χ1v) is 9.60. The lowest BCUT2D eigenvalue weighted by molar-refractivity contribution is -0.123. The molecule has 0 atom stereocenters. The number of fused-ring (bicyclic) bond motifs is 1. The van der Waals surface area contributed by atoms with Crippen molar-refractivity contribution < 1.29 is 23.8 Å². The summed E-state index contributed by atoms with van der Waals surface area (Å²) in [5.74, 6) is 0.452. The molecular formula is C21H23N3O5. The number of anilines is 3. The van der Waals surface area contributed by atoms with Crippen molar-refractivity contribution in [3.8, 4) is 11.5 Å². The predicted octanol–water partition coefficient (Wildman–Crippen LogP) is 2.26. The Hall–Kier alpha value is -3.26. The molecule has 2 heterocycles. The van der Waals surface area contributed by atoms with Gasteiger partial charge in [0.15, 0.2) is 11.5 Å². The topological polar surface area (TPSA) is 89.1 Å². The van der Waals surface area contributed by atoms with E-state index >= 15 is 0 Å². The zero-order chi connectivity index (χ0) is 20.1. The number of hydrogen-bond donors (Lipinski definition) is 2. The van der Waals surface area contributed by atoms with E-state index in [4.69, 9.17) is 14.2 Å². The van der Waals surface area contributed by atoms with Gasteiger partial charge in [-0.25, -0.2) is 0 Å². The summed E-state index contributed by atoms with van der Waals surface area (Å²) in [7, 11) is 0. The van der Waals surface area contributed by atoms with E-state index in [0.717, 1.165) is 18.8 Å². The number of morpholine rings is 1. The average molecular weight is 397 g/mol. The highest BCUT2D eigenvalue weighted by Crippen LogP contribution is 2.32. The lowest BCUT2D eigenvalue weighted by Crippen LogP contribution is -2.36. The Bertz CT molecular complexity index is 896. The normalized spacial score (nSPS) is 15.5. The third-order valence-electron chi connectivity index (χ3n) is 4.68. The van der Waals surface area contributed by atoms with Gasteiger partial charge >= 0.3 is 0 Å². The van der Waals surface area contributed by atoms with Gasteiger partial charge in [0.2, 0.25) is 11.8 Å². The van der Waals surface area contributed by atoms with Crippen LogP contribution in [0.2, 0.25) is 0 Å². The van der Waals surface area contributed by atoms with Gasteiger partial charge in [-0.1, -0.05) is 12.1 Å². The first-order valence-electron chi connectivity index (χ1n) is 9.60. The molecule has 1 fully saturated rings. The highest BCUT2D eigenvalue weighted by Gasteiger charge is 2.18. The summed E-state index contributed by atoms with van der Waals surface area (Å²) in [5, 5.41) is 5.57. The molecule has 2 aromatic carbocycles. The van der Waals surface area contributed by atoms with Crippen LogP contribution in [0.25, 0.3) is 0 Å². The quantitative estimate of drug-likeness (QED) is 0.753. The van der Waals surface area contributed by atoms with Crippen LogP contribution in [0.1, 0.15) is 6.42 Å². The molecule has 152 valence electrons. The summed E-state index contributed by atoms with van der Waals surface area (Å²) >= 11 is 0. The molecule has 0 radical (unpaired) electrons. The number of ether oxygens (including phenoxy) is 3. The number of nitrogens with one attached hydrogen (secondary N) is 2. The van der Waals surface area contributed by atoms with Crippen molar-refractivity contribution in [1.82, 2.24) is 0 Å². The molecular weight excluding hydrogens is 374 g/mol. The van der Waals surface area contributed by atoms with E-state index in [-0.39, 0.29) is 12.3 Å². The Balaban J connectivity index is 1.36. The summed E-state index contributed by atoms with van der Waals surface area (Å²) < 4.78 is 16.4. The van der Waals surface area contributed by atoms with Crippen molar-refractivity contribution in [2.75, 3.05) is 55.1 Å². The monoisotopic (exact) mass is 397 g/mol. The Morgan fingerprint density at radius 1 is 0.862 bits per heavy atom. The minimum absolute atomic E-state index is 0.286. The Morgan fingerprint density at radius 2 is 1.59 bits per heavy atom. The van der Waals surface area contributed by atoms with E-state index in [2.05, 4.69) is 15.5 Å². The predicted molar refractivity (Wildman–Crippen MR) is 109 cm³/mol. The fraction of sp³-hybridized carbons (Fsp3) is 0.333. The van der Waals surface area contributed by atoms with Gasteiger partial charge in [0.1, 0.15) is 19.6 Å². The van der Waals surface area contributed by atoms with E-state index in [9.17, 15) is 9.59 Å². The van der Waals surface area contributed by atoms with E-state index in [1.165, 1.54) is 0 Å². The summed E-state index contributed by atoms with van der Waals surface area (Å²) in [6, 6.07) is 12.7. The van der Waals surface area contributed by atoms with Crippen LogP contribution >= 0.6 is 0 Å². The second-order valence-corrected chi connectivity index (χ2v) is 6.75. The molecule has 8 heteroatoms. The van der Waals surface area contributed by atoms with Gasteiger partial charge in [-0.15, -0.1) is 0 Å². The third-order valence-corrected chi connectivity index (χ3v) is 4.68. The fourth-order valence-corrected chi connectivity index (χ4v) is 3.33. The number of hydrogen-bond acceptors (Lipinski definition) is 6. The molecule has 4 rings (SSSR count). The molecule has 2 aliphatic heterocycles. The molecule has 0 saturated carbocycles. The first kappa shape index (κ1) is 19.1. The first-order chi connectivity index (χ1) is 14.2. The molecule has 8 nitrogen and oxygen atoms in total. The zero-order valence-electron chi connectivity index (χ0n) is 16.0. The lowest BCUT2D eigenvalue weighted by Gasteiger charge is -2.30. The minimum atomic E-state index is -0.400. The van der Waals surface area contributed by atoms with Crippen LogP contribution in [0.4, 0.5) is 17.1 Å². The van der Waals surface area contributed by atoms with Gasteiger partial charge in [-0.3, -0.25) is 9.59 Å². The molecule has 2 aliphatic rings. The van der Waals surface area contributed by atoms with Crippen LogP contribution in [0.15, 0.2) is 42.5 Å². The standard InChI is InChI=1S/C21H23N3O5/c25-20(22-15-5-6-18-19(13-15)29-12-11-28-18)14-21(26)23-16-3-1-2-4-17(16)24-7-9-27-10-8-24/h1-6,13H,7-12,14H2,(H,22,25)(H,23,26). The van der Waals surface area contributed by atoms with Crippen LogP contribution in [-0.2, 0) is 14.3 Å². The molecule has 0 aromatic heterocycles. The maximum Gasteiger partial charge on any atom is 0.233 e. The lowest BCUT2D eigenvalue weighted by atomic mass is 10.2. The molecule has 29 heavy (non-hydrogen) atoms. The second kappa shape index (κ2) is 8.83. The summed E-state index contributed by atoms with van der Waals surface area (Å²) in [6.07, 6.45) is -0.286. The van der Waals surface area contributed by atoms with Crippen molar-refractivity contribution in [3.63, 3.8) is 0 Å². The van der Waals surface area contributed by atoms with E-state index in [1.807, 2.05) is 24.3 Å². The second-order valence-electron chi connectivity index (χ2n) is 6.75. The van der Waals surface area contributed by atoms with Gasteiger partial charge in [-0.2, -0.15) is 0 Å². The summed E-state index contributed by atoms with van der Waals surface area (Å²) in [5.41, 5.74) is 2.17. The molecule has 2 amide bonds. The van der Waals surface area contributed by atoms with Crippen LogP contribution in [0, 0.1) is 0 Å². The fourth-order valence-electron chi connectivity index (χ4n) is 3.33. The van der Waals surface area contributed by atoms with Gasteiger partial charge in [-0.05, 0) is 24.3 Å². The van der Waals surface area contributed by atoms with Crippen molar-refractivity contribution in [3.05, 3.63) is 42.5 Å². The smallest absolute Gasteiger partial charge is 0.233 e. The van der Waals surface area contributed by atoms with E-state index < -0.39 is 5.91 Å². The average Bonchev–Trinajstić information content (AvgIpc) is 2.74.